The Morgan fingerprint density at radius 2 is 2.24 bits per heavy atom. The SMILES string of the molecule is CC(CCNC(=O)C1CCNC1)CCC(=O)O. The van der Waals surface area contributed by atoms with Crippen LogP contribution in [0.5, 0.6) is 0 Å². The molecule has 0 aromatic carbocycles. The van der Waals surface area contributed by atoms with Crippen molar-refractivity contribution >= 4 is 11.9 Å². The van der Waals surface area contributed by atoms with Crippen LogP contribution in [-0.4, -0.2) is 36.6 Å². The molecule has 0 aromatic heterocycles. The lowest BCUT2D eigenvalue weighted by Crippen LogP contribution is -2.33. The van der Waals surface area contributed by atoms with Crippen LogP contribution >= 0.6 is 0 Å². The Hall–Kier alpha value is -1.10. The average Bonchev–Trinajstić information content (AvgIpc) is 2.79. The number of carbonyl (C=O) groups excluding carboxylic acids is 1. The molecule has 98 valence electrons. The van der Waals surface area contributed by atoms with Crippen molar-refractivity contribution in [1.82, 2.24) is 10.6 Å². The molecule has 1 aliphatic rings. The molecular weight excluding hydrogens is 220 g/mol. The van der Waals surface area contributed by atoms with Crippen LogP contribution in [0.25, 0.3) is 0 Å². The van der Waals surface area contributed by atoms with E-state index in [9.17, 15) is 9.59 Å². The van der Waals surface area contributed by atoms with Gasteiger partial charge in [0.2, 0.25) is 5.91 Å². The molecule has 2 unspecified atom stereocenters. The maximum atomic E-state index is 11.6. The van der Waals surface area contributed by atoms with Crippen LogP contribution in [0.1, 0.15) is 32.6 Å². The number of carboxylic acids is 1. The van der Waals surface area contributed by atoms with Crippen molar-refractivity contribution in [3.8, 4) is 0 Å². The minimum absolute atomic E-state index is 0.115. The zero-order valence-corrected chi connectivity index (χ0v) is 10.4. The maximum Gasteiger partial charge on any atom is 0.303 e. The third kappa shape index (κ3) is 5.68. The van der Waals surface area contributed by atoms with Crippen molar-refractivity contribution in [3.63, 3.8) is 0 Å². The first-order valence-corrected chi connectivity index (χ1v) is 6.30. The highest BCUT2D eigenvalue weighted by Crippen LogP contribution is 2.10. The molecule has 0 spiro atoms. The number of nitrogens with one attached hydrogen (secondary N) is 2. The summed E-state index contributed by atoms with van der Waals surface area (Å²) in [6.45, 7) is 4.37. The van der Waals surface area contributed by atoms with Crippen LogP contribution in [0.4, 0.5) is 0 Å². The molecule has 0 bridgehead atoms. The molecule has 1 rings (SSSR count). The van der Waals surface area contributed by atoms with Gasteiger partial charge in [-0.2, -0.15) is 0 Å². The Kier molecular flexibility index (Phi) is 5.97. The van der Waals surface area contributed by atoms with E-state index in [1.165, 1.54) is 0 Å². The summed E-state index contributed by atoms with van der Waals surface area (Å²) in [7, 11) is 0. The van der Waals surface area contributed by atoms with Crippen LogP contribution in [0.3, 0.4) is 0 Å². The molecule has 0 aromatic rings. The van der Waals surface area contributed by atoms with Gasteiger partial charge in [-0.15, -0.1) is 0 Å². The van der Waals surface area contributed by atoms with E-state index >= 15 is 0 Å². The summed E-state index contributed by atoms with van der Waals surface area (Å²) in [6, 6.07) is 0. The predicted octanol–water partition coefficient (Wildman–Crippen LogP) is 0.603. The zero-order chi connectivity index (χ0) is 12.7. The zero-order valence-electron chi connectivity index (χ0n) is 10.4. The molecule has 17 heavy (non-hydrogen) atoms. The molecular formula is C12H22N2O3. The van der Waals surface area contributed by atoms with Gasteiger partial charge < -0.3 is 15.7 Å². The fourth-order valence-corrected chi connectivity index (χ4v) is 1.98. The molecule has 1 aliphatic heterocycles. The highest BCUT2D eigenvalue weighted by atomic mass is 16.4. The van der Waals surface area contributed by atoms with Gasteiger partial charge in [0.05, 0.1) is 5.92 Å². The van der Waals surface area contributed by atoms with Gasteiger partial charge in [0.1, 0.15) is 0 Å². The van der Waals surface area contributed by atoms with Crippen molar-refractivity contribution in [3.05, 3.63) is 0 Å². The summed E-state index contributed by atoms with van der Waals surface area (Å²) in [6.07, 6.45) is 2.65. The van der Waals surface area contributed by atoms with E-state index in [0.29, 0.717) is 18.9 Å². The Bertz CT molecular complexity index is 262. The van der Waals surface area contributed by atoms with Gasteiger partial charge in [0.25, 0.3) is 0 Å². The molecule has 1 amide bonds. The number of rotatable bonds is 7. The van der Waals surface area contributed by atoms with Gasteiger partial charge in [-0.25, -0.2) is 0 Å². The molecule has 0 radical (unpaired) electrons. The van der Waals surface area contributed by atoms with Crippen molar-refractivity contribution in [1.29, 1.82) is 0 Å². The summed E-state index contributed by atoms with van der Waals surface area (Å²) >= 11 is 0. The summed E-state index contributed by atoms with van der Waals surface area (Å²) < 4.78 is 0. The average molecular weight is 242 g/mol. The lowest BCUT2D eigenvalue weighted by molar-refractivity contribution is -0.137. The van der Waals surface area contributed by atoms with Crippen LogP contribution in [0.15, 0.2) is 0 Å². The lowest BCUT2D eigenvalue weighted by atomic mass is 10.0. The van der Waals surface area contributed by atoms with E-state index in [1.807, 2.05) is 6.92 Å². The Morgan fingerprint density at radius 1 is 1.47 bits per heavy atom. The number of amides is 1. The number of carboxylic acid groups (broad SMARTS) is 1. The van der Waals surface area contributed by atoms with Gasteiger partial charge in [-0.3, -0.25) is 9.59 Å². The van der Waals surface area contributed by atoms with Crippen LogP contribution in [-0.2, 0) is 9.59 Å². The second-order valence-corrected chi connectivity index (χ2v) is 4.81. The first-order chi connectivity index (χ1) is 8.09. The minimum atomic E-state index is -0.752. The summed E-state index contributed by atoms with van der Waals surface area (Å²) in [5.74, 6) is -0.171. The third-order valence-electron chi connectivity index (χ3n) is 3.22. The molecule has 5 heteroatoms. The molecule has 1 fully saturated rings. The van der Waals surface area contributed by atoms with Gasteiger partial charge in [0, 0.05) is 19.5 Å². The number of hydrogen-bond acceptors (Lipinski definition) is 3. The van der Waals surface area contributed by atoms with Crippen molar-refractivity contribution in [2.75, 3.05) is 19.6 Å². The van der Waals surface area contributed by atoms with E-state index in [-0.39, 0.29) is 18.2 Å². The van der Waals surface area contributed by atoms with Crippen molar-refractivity contribution in [2.24, 2.45) is 11.8 Å². The molecule has 2 atom stereocenters. The molecule has 0 saturated carbocycles. The minimum Gasteiger partial charge on any atom is -0.481 e. The maximum absolute atomic E-state index is 11.6. The van der Waals surface area contributed by atoms with Gasteiger partial charge >= 0.3 is 5.97 Å². The van der Waals surface area contributed by atoms with Crippen LogP contribution < -0.4 is 10.6 Å². The first-order valence-electron chi connectivity index (χ1n) is 6.30. The quantitative estimate of drug-likeness (QED) is 0.611. The van der Waals surface area contributed by atoms with Gasteiger partial charge in [0.15, 0.2) is 0 Å². The summed E-state index contributed by atoms with van der Waals surface area (Å²) in [5.41, 5.74) is 0. The summed E-state index contributed by atoms with van der Waals surface area (Å²) in [4.78, 5) is 22.0. The topological polar surface area (TPSA) is 78.4 Å². The Balaban J connectivity index is 2.06. The normalized spacial score (nSPS) is 21.1. The first kappa shape index (κ1) is 14.0. The number of hydrogen-bond donors (Lipinski definition) is 3. The molecule has 1 saturated heterocycles. The van der Waals surface area contributed by atoms with Crippen LogP contribution in [0, 0.1) is 11.8 Å². The second kappa shape index (κ2) is 7.27. The lowest BCUT2D eigenvalue weighted by Gasteiger charge is -2.13. The predicted molar refractivity (Wildman–Crippen MR) is 64.6 cm³/mol. The van der Waals surface area contributed by atoms with Gasteiger partial charge in [-0.05, 0) is 31.7 Å². The molecule has 5 nitrogen and oxygen atoms in total. The largest absolute Gasteiger partial charge is 0.481 e. The van der Waals surface area contributed by atoms with Crippen LogP contribution in [0.2, 0.25) is 0 Å². The second-order valence-electron chi connectivity index (χ2n) is 4.81. The smallest absolute Gasteiger partial charge is 0.303 e. The van der Waals surface area contributed by atoms with E-state index in [4.69, 9.17) is 5.11 Å². The standard InChI is InChI=1S/C12H22N2O3/c1-9(2-3-11(15)16)4-7-14-12(17)10-5-6-13-8-10/h9-10,13H,2-8H2,1H3,(H,14,17)(H,15,16). The fraction of sp³-hybridized carbons (Fsp3) is 0.833. The third-order valence-corrected chi connectivity index (χ3v) is 3.22. The molecule has 1 heterocycles. The van der Waals surface area contributed by atoms with E-state index < -0.39 is 5.97 Å². The number of carbonyl (C=O) groups is 2. The Labute approximate surface area is 102 Å². The Morgan fingerprint density at radius 3 is 2.82 bits per heavy atom. The monoisotopic (exact) mass is 242 g/mol. The van der Waals surface area contributed by atoms with E-state index in [0.717, 1.165) is 25.9 Å². The van der Waals surface area contributed by atoms with Gasteiger partial charge in [-0.1, -0.05) is 6.92 Å². The number of aliphatic carboxylic acids is 1. The fourth-order valence-electron chi connectivity index (χ4n) is 1.98. The molecule has 3 N–H and O–H groups in total. The highest BCUT2D eigenvalue weighted by Gasteiger charge is 2.21. The van der Waals surface area contributed by atoms with Crippen molar-refractivity contribution in [2.45, 2.75) is 32.6 Å². The highest BCUT2D eigenvalue weighted by molar-refractivity contribution is 5.79. The van der Waals surface area contributed by atoms with Crippen molar-refractivity contribution < 1.29 is 14.7 Å². The molecule has 0 aliphatic carbocycles. The van der Waals surface area contributed by atoms with E-state index in [1.54, 1.807) is 0 Å². The summed E-state index contributed by atoms with van der Waals surface area (Å²) in [5, 5.41) is 14.6. The van der Waals surface area contributed by atoms with E-state index in [2.05, 4.69) is 10.6 Å².